The number of carboxylic acid groups (broad SMARTS) is 1. The van der Waals surface area contributed by atoms with E-state index < -0.39 is 5.97 Å². The molecule has 0 aliphatic carbocycles. The Hall–Kier alpha value is -1.43. The smallest absolute Gasteiger partial charge is 0.295 e. The van der Waals surface area contributed by atoms with Gasteiger partial charge in [0.25, 0.3) is 5.91 Å². The summed E-state index contributed by atoms with van der Waals surface area (Å²) >= 11 is 0. The van der Waals surface area contributed by atoms with Gasteiger partial charge < -0.3 is 14.4 Å². The Kier molecular flexibility index (Phi) is 28.6. The molecule has 248 valence electrons. The Morgan fingerprint density at radius 1 is 0.548 bits per heavy atom. The van der Waals surface area contributed by atoms with E-state index in [0.29, 0.717) is 17.4 Å². The summed E-state index contributed by atoms with van der Waals surface area (Å²) in [4.78, 5) is 23.6. The highest BCUT2D eigenvalue weighted by atomic mass is 16.4. The number of hydrogen-bond donors (Lipinski definition) is 1. The minimum atomic E-state index is -1.07. The van der Waals surface area contributed by atoms with Crippen LogP contribution in [0, 0.1) is 0 Å². The van der Waals surface area contributed by atoms with E-state index in [1.807, 2.05) is 0 Å². The van der Waals surface area contributed by atoms with Gasteiger partial charge in [0.15, 0.2) is 6.54 Å². The van der Waals surface area contributed by atoms with Crippen LogP contribution in [0.2, 0.25) is 0 Å². The lowest BCUT2D eigenvalue weighted by Crippen LogP contribution is -2.47. The second-order valence-electron chi connectivity index (χ2n) is 13.4. The van der Waals surface area contributed by atoms with Gasteiger partial charge in [-0.1, -0.05) is 149 Å². The van der Waals surface area contributed by atoms with E-state index in [-0.39, 0.29) is 12.3 Å². The quantitative estimate of drug-likeness (QED) is 0.0366. The van der Waals surface area contributed by atoms with Crippen LogP contribution in [0.4, 0.5) is 0 Å². The molecule has 0 atom stereocenters. The van der Waals surface area contributed by atoms with Crippen molar-refractivity contribution in [1.82, 2.24) is 5.43 Å². The molecule has 0 fully saturated rings. The number of carbonyl (C=O) groups is 2. The molecular formula is C36H71N3O3. The summed E-state index contributed by atoms with van der Waals surface area (Å²) in [5.74, 6) is -1.16. The minimum absolute atomic E-state index is 0.0481. The molecule has 6 nitrogen and oxygen atoms in total. The van der Waals surface area contributed by atoms with Crippen LogP contribution in [0.1, 0.15) is 187 Å². The highest BCUT2D eigenvalue weighted by molar-refractivity contribution is 5.88. The van der Waals surface area contributed by atoms with Gasteiger partial charge >= 0.3 is 0 Å². The van der Waals surface area contributed by atoms with Gasteiger partial charge in [-0.15, -0.1) is 0 Å². The molecule has 0 unspecified atom stereocenters. The largest absolute Gasteiger partial charge is 0.550 e. The summed E-state index contributed by atoms with van der Waals surface area (Å²) in [6, 6.07) is 0. The van der Waals surface area contributed by atoms with Crippen molar-refractivity contribution in [2.45, 2.75) is 187 Å². The second kappa shape index (κ2) is 29.6. The van der Waals surface area contributed by atoms with Crippen molar-refractivity contribution in [3.63, 3.8) is 0 Å². The Morgan fingerprint density at radius 3 is 1.33 bits per heavy atom. The molecule has 0 aromatic rings. The third-order valence-electron chi connectivity index (χ3n) is 8.46. The standard InChI is InChI=1S/C36H71N3O3/c1-5-7-9-11-13-15-17-19-21-23-25-27-29-34(30-31-36(41)42)37-38-35(40)33-39(3,4)32-28-26-24-22-20-18-16-14-12-10-8-6-2/h5-33H2,1-4H3,(H-,38,40,41,42)/b37-34-. The van der Waals surface area contributed by atoms with Crippen LogP contribution < -0.4 is 10.5 Å². The molecule has 0 saturated heterocycles. The average Bonchev–Trinajstić information content (AvgIpc) is 2.94. The first-order valence-corrected chi connectivity index (χ1v) is 18.2. The number of rotatable bonds is 32. The summed E-state index contributed by atoms with van der Waals surface area (Å²) in [7, 11) is 4.20. The first-order chi connectivity index (χ1) is 20.3. The summed E-state index contributed by atoms with van der Waals surface area (Å²) in [5, 5.41) is 15.4. The van der Waals surface area contributed by atoms with E-state index in [9.17, 15) is 14.7 Å². The molecule has 0 aliphatic rings. The lowest BCUT2D eigenvalue weighted by atomic mass is 10.0. The Morgan fingerprint density at radius 2 is 0.929 bits per heavy atom. The topological polar surface area (TPSA) is 81.6 Å². The van der Waals surface area contributed by atoms with Crippen LogP contribution >= 0.6 is 0 Å². The highest BCUT2D eigenvalue weighted by Crippen LogP contribution is 2.14. The molecule has 0 radical (unpaired) electrons. The van der Waals surface area contributed by atoms with E-state index in [1.54, 1.807) is 0 Å². The first-order valence-electron chi connectivity index (χ1n) is 18.2. The normalized spacial score (nSPS) is 12.1. The number of likely N-dealkylation sites (N-methyl/N-ethyl adjacent to an activating group) is 1. The maximum atomic E-state index is 12.6. The summed E-state index contributed by atoms with van der Waals surface area (Å²) in [6.07, 6.45) is 32.4. The molecule has 0 aromatic carbocycles. The Labute approximate surface area is 261 Å². The number of amides is 1. The van der Waals surface area contributed by atoms with E-state index in [2.05, 4.69) is 38.5 Å². The predicted molar refractivity (Wildman–Crippen MR) is 178 cm³/mol. The van der Waals surface area contributed by atoms with Crippen molar-refractivity contribution in [3.05, 3.63) is 0 Å². The zero-order chi connectivity index (χ0) is 31.2. The van der Waals surface area contributed by atoms with Crippen molar-refractivity contribution in [2.24, 2.45) is 5.10 Å². The zero-order valence-corrected chi connectivity index (χ0v) is 28.6. The van der Waals surface area contributed by atoms with Gasteiger partial charge in [-0.25, -0.2) is 5.43 Å². The number of carboxylic acids is 1. The Balaban J connectivity index is 4.08. The van der Waals surface area contributed by atoms with Gasteiger partial charge in [-0.3, -0.25) is 4.79 Å². The van der Waals surface area contributed by atoms with Crippen LogP contribution in [-0.2, 0) is 9.59 Å². The second-order valence-corrected chi connectivity index (χ2v) is 13.4. The molecule has 0 rings (SSSR count). The van der Waals surface area contributed by atoms with Gasteiger partial charge in [0.1, 0.15) is 0 Å². The van der Waals surface area contributed by atoms with Crippen LogP contribution in [0.5, 0.6) is 0 Å². The molecule has 0 saturated carbocycles. The SMILES string of the molecule is CCCCCCCCCCCCCC/C(CCC(=O)[O-])=N/NC(=O)C[N+](C)(C)CCCCCCCCCCCCCC. The molecule has 1 N–H and O–H groups in total. The van der Waals surface area contributed by atoms with Crippen molar-refractivity contribution >= 4 is 17.6 Å². The van der Waals surface area contributed by atoms with Crippen LogP contribution in [0.25, 0.3) is 0 Å². The van der Waals surface area contributed by atoms with E-state index in [0.717, 1.165) is 37.9 Å². The van der Waals surface area contributed by atoms with E-state index in [1.165, 1.54) is 135 Å². The number of carbonyl (C=O) groups excluding carboxylic acids is 2. The van der Waals surface area contributed by atoms with Crippen LogP contribution in [0.3, 0.4) is 0 Å². The van der Waals surface area contributed by atoms with Crippen LogP contribution in [-0.4, -0.2) is 49.3 Å². The molecule has 0 bridgehead atoms. The lowest BCUT2D eigenvalue weighted by molar-refractivity contribution is -0.882. The fraction of sp³-hybridized carbons (Fsp3) is 0.917. The maximum absolute atomic E-state index is 12.6. The van der Waals surface area contributed by atoms with Crippen molar-refractivity contribution in [2.75, 3.05) is 27.2 Å². The van der Waals surface area contributed by atoms with Crippen LogP contribution in [0.15, 0.2) is 5.10 Å². The number of unbranched alkanes of at least 4 members (excludes halogenated alkanes) is 22. The molecule has 6 heteroatoms. The van der Waals surface area contributed by atoms with Gasteiger partial charge in [0.05, 0.1) is 20.6 Å². The monoisotopic (exact) mass is 594 g/mol. The van der Waals surface area contributed by atoms with Gasteiger partial charge in [-0.05, 0) is 38.5 Å². The lowest BCUT2D eigenvalue weighted by Gasteiger charge is -2.28. The number of hydrogen-bond acceptors (Lipinski definition) is 4. The number of aliphatic carboxylic acids is 1. The van der Waals surface area contributed by atoms with Crippen molar-refractivity contribution in [1.29, 1.82) is 0 Å². The molecule has 0 aliphatic heterocycles. The predicted octanol–water partition coefficient (Wildman–Crippen LogP) is 8.86. The number of quaternary nitrogens is 1. The molecular weight excluding hydrogens is 522 g/mol. The number of nitrogens with one attached hydrogen (secondary N) is 1. The molecule has 0 aromatic heterocycles. The van der Waals surface area contributed by atoms with E-state index in [4.69, 9.17) is 0 Å². The van der Waals surface area contributed by atoms with Gasteiger partial charge in [-0.2, -0.15) is 5.10 Å². The summed E-state index contributed by atoms with van der Waals surface area (Å²) in [6.45, 7) is 5.89. The first kappa shape index (κ1) is 40.6. The molecule has 1 amide bonds. The van der Waals surface area contributed by atoms with Gasteiger partial charge in [0, 0.05) is 11.7 Å². The third kappa shape index (κ3) is 30.0. The Bertz CT molecular complexity index is 663. The molecule has 42 heavy (non-hydrogen) atoms. The van der Waals surface area contributed by atoms with Crippen molar-refractivity contribution in [3.8, 4) is 0 Å². The maximum Gasteiger partial charge on any atom is 0.295 e. The number of nitrogens with zero attached hydrogens (tertiary/aromatic N) is 2. The fourth-order valence-electron chi connectivity index (χ4n) is 5.68. The highest BCUT2D eigenvalue weighted by Gasteiger charge is 2.19. The summed E-state index contributed by atoms with van der Waals surface area (Å²) in [5.41, 5.74) is 3.49. The van der Waals surface area contributed by atoms with E-state index >= 15 is 0 Å². The third-order valence-corrected chi connectivity index (χ3v) is 8.46. The van der Waals surface area contributed by atoms with Gasteiger partial charge in [0.2, 0.25) is 0 Å². The molecule has 0 spiro atoms. The zero-order valence-electron chi connectivity index (χ0n) is 28.6. The minimum Gasteiger partial charge on any atom is -0.550 e. The fourth-order valence-corrected chi connectivity index (χ4v) is 5.68. The average molecular weight is 594 g/mol. The number of hydrazone groups is 1. The van der Waals surface area contributed by atoms with Crippen molar-refractivity contribution < 1.29 is 19.2 Å². The summed E-state index contributed by atoms with van der Waals surface area (Å²) < 4.78 is 0.645. The molecule has 0 heterocycles.